The molecule has 1 unspecified atom stereocenters. The van der Waals surface area contributed by atoms with Crippen molar-refractivity contribution in [2.75, 3.05) is 13.1 Å². The third-order valence-electron chi connectivity index (χ3n) is 2.81. The normalized spacial score (nSPS) is 22.8. The summed E-state index contributed by atoms with van der Waals surface area (Å²) < 4.78 is 25.9. The number of nitrogens with zero attached hydrogens (tertiary/aromatic N) is 2. The molecule has 0 spiro atoms. The summed E-state index contributed by atoms with van der Waals surface area (Å²) >= 11 is 5.67. The van der Waals surface area contributed by atoms with Gasteiger partial charge in [-0.15, -0.1) is 11.6 Å². The van der Waals surface area contributed by atoms with Gasteiger partial charge in [0, 0.05) is 18.7 Å². The van der Waals surface area contributed by atoms with Gasteiger partial charge >= 0.3 is 0 Å². The Morgan fingerprint density at radius 1 is 1.69 bits per heavy atom. The van der Waals surface area contributed by atoms with Crippen molar-refractivity contribution in [3.05, 3.63) is 11.8 Å². The Bertz CT molecular complexity index is 471. The predicted octanol–water partition coefficient (Wildman–Crippen LogP) is 1.18. The van der Waals surface area contributed by atoms with Crippen molar-refractivity contribution in [3.63, 3.8) is 0 Å². The van der Waals surface area contributed by atoms with E-state index < -0.39 is 10.0 Å². The second-order valence-electron chi connectivity index (χ2n) is 4.11. The number of nitrogens with one attached hydrogen (secondary N) is 1. The van der Waals surface area contributed by atoms with E-state index in [0.29, 0.717) is 24.6 Å². The highest BCUT2D eigenvalue weighted by Gasteiger charge is 2.33. The van der Waals surface area contributed by atoms with Crippen molar-refractivity contribution in [1.29, 1.82) is 0 Å². The average Bonchev–Trinajstić information content (AvgIpc) is 2.85. The third-order valence-corrected chi connectivity index (χ3v) is 4.98. The number of halogens is 1. The van der Waals surface area contributed by atoms with Crippen LogP contribution in [0.15, 0.2) is 11.2 Å². The van der Waals surface area contributed by atoms with E-state index in [0.717, 1.165) is 6.42 Å². The highest BCUT2D eigenvalue weighted by atomic mass is 35.5. The number of hydrogen-bond acceptors (Lipinski definition) is 3. The second kappa shape index (κ2) is 4.35. The lowest BCUT2D eigenvalue weighted by molar-refractivity contribution is 0.461. The van der Waals surface area contributed by atoms with Gasteiger partial charge < -0.3 is 0 Å². The van der Waals surface area contributed by atoms with E-state index in [4.69, 9.17) is 11.6 Å². The summed E-state index contributed by atoms with van der Waals surface area (Å²) in [7, 11) is -3.44. The summed E-state index contributed by atoms with van der Waals surface area (Å²) in [4.78, 5) is 0. The minimum atomic E-state index is -3.44. The van der Waals surface area contributed by atoms with Crippen molar-refractivity contribution in [3.8, 4) is 0 Å². The molecule has 1 aromatic rings. The van der Waals surface area contributed by atoms with Gasteiger partial charge in [0.15, 0.2) is 5.03 Å². The van der Waals surface area contributed by atoms with Crippen LogP contribution in [0, 0.1) is 5.92 Å². The van der Waals surface area contributed by atoms with Gasteiger partial charge in [0.2, 0.25) is 0 Å². The van der Waals surface area contributed by atoms with Crippen molar-refractivity contribution < 1.29 is 8.42 Å². The number of aromatic amines is 1. The lowest BCUT2D eigenvalue weighted by atomic mass is 10.2. The number of H-pyrrole nitrogens is 1. The van der Waals surface area contributed by atoms with Crippen LogP contribution >= 0.6 is 11.6 Å². The van der Waals surface area contributed by atoms with Crippen LogP contribution in [0.4, 0.5) is 0 Å². The number of rotatable bonds is 3. The number of hydrogen-bond donors (Lipinski definition) is 1. The summed E-state index contributed by atoms with van der Waals surface area (Å²) in [5, 5.41) is 6.39. The first kappa shape index (κ1) is 11.9. The smallest absolute Gasteiger partial charge is 0.260 e. The molecule has 1 aliphatic rings. The standard InChI is InChI=1S/C9H14ClN3O2S/c1-7-2-3-13(6-7)16(14,15)9-8(4-10)5-11-12-9/h5,7H,2-4,6H2,1H3,(H,11,12). The first-order valence-corrected chi connectivity index (χ1v) is 7.11. The van der Waals surface area contributed by atoms with E-state index in [-0.39, 0.29) is 10.9 Å². The van der Waals surface area contributed by atoms with E-state index in [1.807, 2.05) is 6.92 Å². The Kier molecular flexibility index (Phi) is 3.23. The molecule has 0 amide bonds. The minimum absolute atomic E-state index is 0.136. The van der Waals surface area contributed by atoms with E-state index in [1.54, 1.807) is 0 Å². The predicted molar refractivity (Wildman–Crippen MR) is 60.7 cm³/mol. The summed E-state index contributed by atoms with van der Waals surface area (Å²) in [6.07, 6.45) is 2.36. The molecule has 1 N–H and O–H groups in total. The highest BCUT2D eigenvalue weighted by Crippen LogP contribution is 2.25. The first-order chi connectivity index (χ1) is 7.55. The maximum Gasteiger partial charge on any atom is 0.260 e. The van der Waals surface area contributed by atoms with Crippen LogP contribution < -0.4 is 0 Å². The summed E-state index contributed by atoms with van der Waals surface area (Å²) in [5.41, 5.74) is 0.529. The van der Waals surface area contributed by atoms with Crippen molar-refractivity contribution >= 4 is 21.6 Å². The van der Waals surface area contributed by atoms with Crippen LogP contribution in [0.2, 0.25) is 0 Å². The number of sulfonamides is 1. The van der Waals surface area contributed by atoms with E-state index in [1.165, 1.54) is 10.5 Å². The Balaban J connectivity index is 2.32. The van der Waals surface area contributed by atoms with Crippen LogP contribution in [0.25, 0.3) is 0 Å². The topological polar surface area (TPSA) is 66.1 Å². The molecule has 2 rings (SSSR count). The van der Waals surface area contributed by atoms with Gasteiger partial charge in [0.25, 0.3) is 10.0 Å². The molecular weight excluding hydrogens is 250 g/mol. The molecule has 0 bridgehead atoms. The summed E-state index contributed by atoms with van der Waals surface area (Å²) in [6.45, 7) is 3.19. The zero-order chi connectivity index (χ0) is 11.8. The molecule has 0 radical (unpaired) electrons. The maximum absolute atomic E-state index is 12.2. The number of aromatic nitrogens is 2. The van der Waals surface area contributed by atoms with Crippen LogP contribution in [0.5, 0.6) is 0 Å². The lowest BCUT2D eigenvalue weighted by Gasteiger charge is -2.15. The molecule has 5 nitrogen and oxygen atoms in total. The fourth-order valence-corrected chi connectivity index (χ4v) is 3.82. The van der Waals surface area contributed by atoms with Crippen LogP contribution in [-0.2, 0) is 15.9 Å². The molecule has 1 aliphatic heterocycles. The average molecular weight is 264 g/mol. The molecular formula is C9H14ClN3O2S. The zero-order valence-electron chi connectivity index (χ0n) is 8.98. The summed E-state index contributed by atoms with van der Waals surface area (Å²) in [5.74, 6) is 0.561. The molecule has 0 aromatic carbocycles. The monoisotopic (exact) mass is 263 g/mol. The Morgan fingerprint density at radius 3 is 3.00 bits per heavy atom. The van der Waals surface area contributed by atoms with Gasteiger partial charge in [0.05, 0.1) is 12.1 Å². The molecule has 16 heavy (non-hydrogen) atoms. The molecule has 2 heterocycles. The third kappa shape index (κ3) is 1.97. The van der Waals surface area contributed by atoms with E-state index >= 15 is 0 Å². The molecule has 7 heteroatoms. The van der Waals surface area contributed by atoms with Crippen LogP contribution in [-0.4, -0.2) is 36.0 Å². The van der Waals surface area contributed by atoms with Crippen LogP contribution in [0.3, 0.4) is 0 Å². The molecule has 1 aromatic heterocycles. The van der Waals surface area contributed by atoms with Gasteiger partial charge in [-0.25, -0.2) is 8.42 Å². The molecule has 0 aliphatic carbocycles. The van der Waals surface area contributed by atoms with Crippen LogP contribution in [0.1, 0.15) is 18.9 Å². The van der Waals surface area contributed by atoms with Crippen molar-refractivity contribution in [2.24, 2.45) is 5.92 Å². The zero-order valence-corrected chi connectivity index (χ0v) is 10.6. The SMILES string of the molecule is CC1CCN(S(=O)(=O)c2[nH]ncc2CCl)C1. The molecule has 1 fully saturated rings. The minimum Gasteiger partial charge on any atom is -0.266 e. The molecule has 1 saturated heterocycles. The summed E-state index contributed by atoms with van der Waals surface area (Å²) in [6, 6.07) is 0. The fourth-order valence-electron chi connectivity index (χ4n) is 1.86. The molecule has 0 saturated carbocycles. The van der Waals surface area contributed by atoms with Gasteiger partial charge in [-0.3, -0.25) is 5.10 Å². The first-order valence-electron chi connectivity index (χ1n) is 5.14. The largest absolute Gasteiger partial charge is 0.266 e. The van der Waals surface area contributed by atoms with Crippen molar-refractivity contribution in [1.82, 2.24) is 14.5 Å². The fraction of sp³-hybridized carbons (Fsp3) is 0.667. The van der Waals surface area contributed by atoms with Gasteiger partial charge in [-0.2, -0.15) is 9.40 Å². The Labute approximate surface area is 99.8 Å². The number of alkyl halides is 1. The Hall–Kier alpha value is -0.590. The Morgan fingerprint density at radius 2 is 2.44 bits per heavy atom. The molecule has 90 valence electrons. The second-order valence-corrected chi connectivity index (χ2v) is 6.26. The van der Waals surface area contributed by atoms with Gasteiger partial charge in [-0.1, -0.05) is 6.92 Å². The van der Waals surface area contributed by atoms with Crippen molar-refractivity contribution in [2.45, 2.75) is 24.3 Å². The lowest BCUT2D eigenvalue weighted by Crippen LogP contribution is -2.29. The maximum atomic E-state index is 12.2. The van der Waals surface area contributed by atoms with Gasteiger partial charge in [-0.05, 0) is 12.3 Å². The van der Waals surface area contributed by atoms with E-state index in [9.17, 15) is 8.42 Å². The quantitative estimate of drug-likeness (QED) is 0.833. The highest BCUT2D eigenvalue weighted by molar-refractivity contribution is 7.89. The van der Waals surface area contributed by atoms with Gasteiger partial charge in [0.1, 0.15) is 0 Å². The molecule has 1 atom stereocenters. The van der Waals surface area contributed by atoms with E-state index in [2.05, 4.69) is 10.2 Å².